The Morgan fingerprint density at radius 2 is 1.72 bits per heavy atom. The average molecular weight is 853 g/mol. The number of carbonyl (C=O) groups excluding carboxylic acids is 1. The summed E-state index contributed by atoms with van der Waals surface area (Å²) in [6.07, 6.45) is 11.6. The van der Waals surface area contributed by atoms with Gasteiger partial charge in [0.2, 0.25) is 5.79 Å². The van der Waals surface area contributed by atoms with E-state index in [0.29, 0.717) is 51.0 Å². The van der Waals surface area contributed by atoms with Gasteiger partial charge in [-0.15, -0.1) is 24.9 Å². The van der Waals surface area contributed by atoms with Gasteiger partial charge in [0.25, 0.3) is 0 Å². The van der Waals surface area contributed by atoms with Gasteiger partial charge >= 0.3 is 6.09 Å². The van der Waals surface area contributed by atoms with Crippen molar-refractivity contribution in [3.63, 3.8) is 0 Å². The van der Waals surface area contributed by atoms with Gasteiger partial charge in [-0.2, -0.15) is 0 Å². The van der Waals surface area contributed by atoms with Crippen molar-refractivity contribution < 1.29 is 38.8 Å². The lowest BCUT2D eigenvalue weighted by molar-refractivity contribution is -0.255. The number of hydrogen-bond donors (Lipinski definition) is 2. The second-order valence-electron chi connectivity index (χ2n) is 15.9. The van der Waals surface area contributed by atoms with E-state index in [9.17, 15) is 15.0 Å². The highest BCUT2D eigenvalue weighted by Gasteiger charge is 2.65. The molecule has 2 N–H and O–H groups in total. The van der Waals surface area contributed by atoms with Gasteiger partial charge in [0.05, 0.1) is 31.5 Å². The van der Waals surface area contributed by atoms with Crippen LogP contribution in [0.25, 0.3) is 0 Å². The molecule has 0 spiro atoms. The molecule has 61 heavy (non-hydrogen) atoms. The lowest BCUT2D eigenvalue weighted by Crippen LogP contribution is -2.70. The summed E-state index contributed by atoms with van der Waals surface area (Å²) in [7, 11) is 0. The molecule has 6 atom stereocenters. The van der Waals surface area contributed by atoms with Gasteiger partial charge < -0.3 is 34.0 Å². The highest BCUT2D eigenvalue weighted by atomic mass is 32.2. The van der Waals surface area contributed by atoms with Gasteiger partial charge in [0, 0.05) is 48.3 Å². The standard InChI is InChI=1S/C50H64N2O8S/c1-4-7-30-57-49(55)52(26-5-2)46-35-44(51-59-36-37-18-10-8-11-19-37)42-33-38(20-14-16-27-53)41(23-15-17-28-54)47-43-34-39(56-31-32-61-40-21-12-9-13-22-40)24-25-45(43)60-50(46,48(42)47)58-29-6-3/h4,6,8-13,18-19,21-22,24-25,33-34,38,41,46-48,53-54H,1,3,5,7,14-17,20,23,26-32,35-36H2,2H3/t38-,41+,46-,47+,48+,50+/m0/s1. The summed E-state index contributed by atoms with van der Waals surface area (Å²) in [4.78, 5) is 23.5. The number of hydrogen-bond acceptors (Lipinski definition) is 10. The summed E-state index contributed by atoms with van der Waals surface area (Å²) in [5, 5.41) is 24.8. The second-order valence-corrected chi connectivity index (χ2v) is 17.1. The first kappa shape index (κ1) is 46.0. The van der Waals surface area contributed by atoms with E-state index >= 15 is 0 Å². The molecule has 0 aromatic heterocycles. The molecule has 0 bridgehead atoms. The zero-order valence-corrected chi connectivity index (χ0v) is 36.5. The topological polar surface area (TPSA) is 119 Å². The summed E-state index contributed by atoms with van der Waals surface area (Å²) in [6.45, 7) is 11.7. The molecule has 11 heteroatoms. The van der Waals surface area contributed by atoms with Crippen molar-refractivity contribution in [1.29, 1.82) is 0 Å². The molecule has 0 radical (unpaired) electrons. The molecule has 1 aliphatic heterocycles. The van der Waals surface area contributed by atoms with Gasteiger partial charge in [0.1, 0.15) is 24.1 Å². The van der Waals surface area contributed by atoms with Crippen molar-refractivity contribution in [2.24, 2.45) is 22.9 Å². The number of benzene rings is 3. The molecular weight excluding hydrogens is 789 g/mol. The second kappa shape index (κ2) is 23.6. The molecule has 6 rings (SSSR count). The zero-order valence-electron chi connectivity index (χ0n) is 35.7. The number of ether oxygens (including phenoxy) is 4. The Morgan fingerprint density at radius 3 is 2.44 bits per heavy atom. The fourth-order valence-corrected chi connectivity index (χ4v) is 10.0. The summed E-state index contributed by atoms with van der Waals surface area (Å²) in [5.74, 6) is 0.495. The van der Waals surface area contributed by atoms with Gasteiger partial charge in [-0.05, 0) is 91.8 Å². The largest absolute Gasteiger partial charge is 0.493 e. The number of amides is 1. The van der Waals surface area contributed by atoms with E-state index < -0.39 is 23.8 Å². The monoisotopic (exact) mass is 852 g/mol. The van der Waals surface area contributed by atoms with E-state index in [4.69, 9.17) is 28.9 Å². The van der Waals surface area contributed by atoms with Crippen molar-refractivity contribution in [3.8, 4) is 11.5 Å². The molecular formula is C50H64N2O8S. The Balaban J connectivity index is 1.50. The Kier molecular flexibility index (Phi) is 17.8. The van der Waals surface area contributed by atoms with Crippen LogP contribution in [0.3, 0.4) is 0 Å². The van der Waals surface area contributed by atoms with Crippen molar-refractivity contribution >= 4 is 23.6 Å². The van der Waals surface area contributed by atoms with Crippen LogP contribution in [0.5, 0.6) is 11.5 Å². The fraction of sp³-hybridized carbons (Fsp3) is 0.480. The zero-order chi connectivity index (χ0) is 42.9. The molecule has 2 aliphatic carbocycles. The number of rotatable bonds is 25. The minimum Gasteiger partial charge on any atom is -0.493 e. The van der Waals surface area contributed by atoms with Crippen molar-refractivity contribution in [2.45, 2.75) is 94.0 Å². The number of unbranched alkanes of at least 4 members (excludes halogenated alkanes) is 2. The van der Waals surface area contributed by atoms with Crippen LogP contribution in [0, 0.1) is 17.8 Å². The van der Waals surface area contributed by atoms with E-state index in [-0.39, 0.29) is 50.8 Å². The average Bonchev–Trinajstić information content (AvgIpc) is 3.28. The van der Waals surface area contributed by atoms with Crippen molar-refractivity contribution in [2.75, 3.05) is 45.3 Å². The summed E-state index contributed by atoms with van der Waals surface area (Å²) in [6, 6.07) is 25.7. The van der Waals surface area contributed by atoms with Crippen LogP contribution in [0.4, 0.5) is 4.79 Å². The third kappa shape index (κ3) is 11.5. The van der Waals surface area contributed by atoms with Crippen LogP contribution in [0.1, 0.15) is 81.8 Å². The fourth-order valence-electron chi connectivity index (χ4n) is 9.26. The maximum Gasteiger partial charge on any atom is 0.410 e. The third-order valence-corrected chi connectivity index (χ3v) is 12.9. The molecule has 328 valence electrons. The van der Waals surface area contributed by atoms with Crippen molar-refractivity contribution in [3.05, 3.63) is 127 Å². The van der Waals surface area contributed by atoms with Gasteiger partial charge in [-0.1, -0.05) is 91.7 Å². The van der Waals surface area contributed by atoms with Crippen LogP contribution >= 0.6 is 11.8 Å². The van der Waals surface area contributed by atoms with Crippen LogP contribution in [0.2, 0.25) is 0 Å². The number of allylic oxidation sites excluding steroid dienone is 1. The minimum absolute atomic E-state index is 0.0987. The molecule has 3 aliphatic rings. The number of carbonyl (C=O) groups is 1. The third-order valence-electron chi connectivity index (χ3n) is 11.9. The first-order valence-electron chi connectivity index (χ1n) is 22.1. The van der Waals surface area contributed by atoms with E-state index in [2.05, 4.69) is 37.4 Å². The van der Waals surface area contributed by atoms with Gasteiger partial charge in [0.15, 0.2) is 0 Å². The van der Waals surface area contributed by atoms with Crippen molar-refractivity contribution in [1.82, 2.24) is 4.90 Å². The molecule has 1 fully saturated rings. The SMILES string of the molecule is C=CCCOC(=O)N(CCC)[C@H]1CC(=NOCc2ccccc2)C2=C[C@H](CCCCO)[C@@H](CCCCO)[C@@H]3c4cc(OCCSc5ccccc5)ccc4O[C@@]1(OCC=C)[C@H]23. The van der Waals surface area contributed by atoms with E-state index in [1.807, 2.05) is 67.6 Å². The molecule has 1 amide bonds. The van der Waals surface area contributed by atoms with Gasteiger partial charge in [-0.25, -0.2) is 4.79 Å². The first-order chi connectivity index (χ1) is 30.0. The molecule has 3 aromatic rings. The highest BCUT2D eigenvalue weighted by Crippen LogP contribution is 2.62. The number of oxime groups is 1. The number of nitrogens with zero attached hydrogens (tertiary/aromatic N) is 2. The molecule has 10 nitrogen and oxygen atoms in total. The highest BCUT2D eigenvalue weighted by molar-refractivity contribution is 7.99. The van der Waals surface area contributed by atoms with Crippen LogP contribution in [-0.2, 0) is 20.9 Å². The maximum atomic E-state index is 14.3. The summed E-state index contributed by atoms with van der Waals surface area (Å²) in [5.41, 5.74) is 3.74. The Bertz CT molecular complexity index is 1910. The first-order valence-corrected chi connectivity index (χ1v) is 23.1. The van der Waals surface area contributed by atoms with Crippen LogP contribution in [-0.4, -0.2) is 84.1 Å². The summed E-state index contributed by atoms with van der Waals surface area (Å²) >= 11 is 1.75. The quantitative estimate of drug-likeness (QED) is 0.0372. The number of aliphatic hydroxyl groups is 2. The number of fused-ring (bicyclic) bond motifs is 2. The predicted octanol–water partition coefficient (Wildman–Crippen LogP) is 10.1. The summed E-state index contributed by atoms with van der Waals surface area (Å²) < 4.78 is 26.8. The minimum atomic E-state index is -1.36. The molecule has 1 saturated carbocycles. The maximum absolute atomic E-state index is 14.3. The molecule has 1 heterocycles. The number of aliphatic hydroxyl groups excluding tert-OH is 2. The Morgan fingerprint density at radius 1 is 0.967 bits per heavy atom. The van der Waals surface area contributed by atoms with Crippen LogP contribution in [0.15, 0.2) is 126 Å². The normalized spacial score (nSPS) is 23.2. The Labute approximate surface area is 366 Å². The predicted molar refractivity (Wildman–Crippen MR) is 242 cm³/mol. The molecule has 3 aromatic carbocycles. The van der Waals surface area contributed by atoms with Crippen LogP contribution < -0.4 is 9.47 Å². The van der Waals surface area contributed by atoms with Gasteiger partial charge in [-0.3, -0.25) is 4.90 Å². The lowest BCUT2D eigenvalue weighted by Gasteiger charge is -2.59. The van der Waals surface area contributed by atoms with E-state index in [0.717, 1.165) is 59.6 Å². The molecule has 0 saturated heterocycles. The smallest absolute Gasteiger partial charge is 0.410 e. The lowest BCUT2D eigenvalue weighted by atomic mass is 9.55. The van der Waals surface area contributed by atoms with E-state index in [1.165, 1.54) is 4.90 Å². The Hall–Kier alpha value is -4.55. The number of thioether (sulfide) groups is 1. The molecule has 0 unspecified atom stereocenters. The van der Waals surface area contributed by atoms with E-state index in [1.54, 1.807) is 28.8 Å².